The van der Waals surface area contributed by atoms with Gasteiger partial charge in [0.05, 0.1) is 5.69 Å². The van der Waals surface area contributed by atoms with E-state index >= 15 is 0 Å². The van der Waals surface area contributed by atoms with Crippen LogP contribution in [0.2, 0.25) is 0 Å². The SMILES string of the molecule is CCCc1nc(-n2cccc2)sc1C(=O)NC1CCN(Cc2ccccc2)CC1. The smallest absolute Gasteiger partial charge is 0.263 e. The third-order valence-corrected chi connectivity index (χ3v) is 6.49. The van der Waals surface area contributed by atoms with Crippen LogP contribution in [0.5, 0.6) is 0 Å². The fraction of sp³-hybridized carbons (Fsp3) is 0.391. The number of aryl methyl sites for hydroxylation is 1. The van der Waals surface area contributed by atoms with Gasteiger partial charge in [0.2, 0.25) is 0 Å². The van der Waals surface area contributed by atoms with Crippen LogP contribution in [0, 0.1) is 0 Å². The lowest BCUT2D eigenvalue weighted by Crippen LogP contribution is -2.44. The highest BCUT2D eigenvalue weighted by Gasteiger charge is 2.24. The Hall–Kier alpha value is -2.44. The molecule has 2 aromatic heterocycles. The summed E-state index contributed by atoms with van der Waals surface area (Å²) in [5.74, 6) is 0.0332. The molecule has 0 saturated carbocycles. The molecule has 3 aromatic rings. The lowest BCUT2D eigenvalue weighted by atomic mass is 10.0. The molecule has 0 aliphatic carbocycles. The maximum Gasteiger partial charge on any atom is 0.263 e. The first-order valence-corrected chi connectivity index (χ1v) is 11.2. The van der Waals surface area contributed by atoms with E-state index in [0.717, 1.165) is 61.0 Å². The van der Waals surface area contributed by atoms with Gasteiger partial charge in [-0.1, -0.05) is 55.0 Å². The minimum absolute atomic E-state index is 0.0332. The van der Waals surface area contributed by atoms with Gasteiger partial charge in [0.25, 0.3) is 5.91 Å². The van der Waals surface area contributed by atoms with Crippen LogP contribution in [0.25, 0.3) is 5.13 Å². The van der Waals surface area contributed by atoms with E-state index in [1.165, 1.54) is 16.9 Å². The first-order chi connectivity index (χ1) is 14.2. The van der Waals surface area contributed by atoms with Gasteiger partial charge in [-0.15, -0.1) is 0 Å². The zero-order chi connectivity index (χ0) is 20.1. The van der Waals surface area contributed by atoms with E-state index in [0.29, 0.717) is 0 Å². The van der Waals surface area contributed by atoms with Crippen LogP contribution in [0.4, 0.5) is 0 Å². The zero-order valence-electron chi connectivity index (χ0n) is 16.9. The van der Waals surface area contributed by atoms with Gasteiger partial charge in [0, 0.05) is 38.1 Å². The molecule has 152 valence electrons. The summed E-state index contributed by atoms with van der Waals surface area (Å²) < 4.78 is 1.97. The Morgan fingerprint density at radius 2 is 1.86 bits per heavy atom. The molecule has 1 aromatic carbocycles. The van der Waals surface area contributed by atoms with Crippen molar-refractivity contribution in [2.45, 2.75) is 45.2 Å². The van der Waals surface area contributed by atoms with E-state index in [9.17, 15) is 4.79 Å². The summed E-state index contributed by atoms with van der Waals surface area (Å²) >= 11 is 1.49. The predicted molar refractivity (Wildman–Crippen MR) is 118 cm³/mol. The van der Waals surface area contributed by atoms with Crippen LogP contribution >= 0.6 is 11.3 Å². The van der Waals surface area contributed by atoms with Crippen LogP contribution in [0.15, 0.2) is 54.9 Å². The molecule has 1 saturated heterocycles. The molecule has 0 unspecified atom stereocenters. The average Bonchev–Trinajstić information content (AvgIpc) is 3.40. The standard InChI is InChI=1S/C23H28N4OS/c1-2-8-20-21(29-23(25-20)27-13-6-7-14-27)22(28)24-19-11-15-26(16-12-19)17-18-9-4-3-5-10-18/h3-7,9-10,13-14,19H,2,8,11-12,15-17H2,1H3,(H,24,28). The largest absolute Gasteiger partial charge is 0.348 e. The van der Waals surface area contributed by atoms with Gasteiger partial charge in [-0.25, -0.2) is 4.98 Å². The molecule has 0 atom stereocenters. The fourth-order valence-electron chi connectivity index (χ4n) is 3.82. The maximum absolute atomic E-state index is 13.0. The Labute approximate surface area is 176 Å². The van der Waals surface area contributed by atoms with Crippen molar-refractivity contribution in [1.82, 2.24) is 19.8 Å². The molecule has 0 radical (unpaired) electrons. The lowest BCUT2D eigenvalue weighted by molar-refractivity contribution is 0.0912. The molecule has 1 amide bonds. The molecule has 1 aliphatic rings. The average molecular weight is 409 g/mol. The van der Waals surface area contributed by atoms with E-state index in [1.807, 2.05) is 29.1 Å². The normalized spacial score (nSPS) is 15.5. The molecule has 6 heteroatoms. The number of nitrogens with zero attached hydrogens (tertiary/aromatic N) is 3. The summed E-state index contributed by atoms with van der Waals surface area (Å²) in [6.45, 7) is 5.13. The van der Waals surface area contributed by atoms with E-state index < -0.39 is 0 Å². The molecule has 4 rings (SSSR count). The number of likely N-dealkylation sites (tertiary alicyclic amines) is 1. The number of hydrogen-bond acceptors (Lipinski definition) is 4. The Bertz CT molecular complexity index is 912. The monoisotopic (exact) mass is 408 g/mol. The van der Waals surface area contributed by atoms with Crippen molar-refractivity contribution in [1.29, 1.82) is 0 Å². The highest BCUT2D eigenvalue weighted by Crippen LogP contribution is 2.24. The number of amides is 1. The number of carbonyl (C=O) groups excluding carboxylic acids is 1. The number of benzene rings is 1. The lowest BCUT2D eigenvalue weighted by Gasteiger charge is -2.32. The van der Waals surface area contributed by atoms with Gasteiger partial charge < -0.3 is 9.88 Å². The molecule has 0 bridgehead atoms. The molecule has 29 heavy (non-hydrogen) atoms. The van der Waals surface area contributed by atoms with Gasteiger partial charge in [0.15, 0.2) is 5.13 Å². The van der Waals surface area contributed by atoms with Gasteiger partial charge >= 0.3 is 0 Å². The number of aromatic nitrogens is 2. The van der Waals surface area contributed by atoms with E-state index in [2.05, 4.69) is 47.5 Å². The maximum atomic E-state index is 13.0. The Kier molecular flexibility index (Phi) is 6.42. The van der Waals surface area contributed by atoms with Crippen LogP contribution in [-0.2, 0) is 13.0 Å². The van der Waals surface area contributed by atoms with E-state index in [4.69, 9.17) is 4.98 Å². The molecular formula is C23H28N4OS. The number of rotatable bonds is 7. The van der Waals surface area contributed by atoms with Crippen molar-refractivity contribution in [3.05, 3.63) is 71.0 Å². The molecule has 5 nitrogen and oxygen atoms in total. The second-order valence-corrected chi connectivity index (χ2v) is 8.60. The fourth-order valence-corrected chi connectivity index (χ4v) is 4.81. The van der Waals surface area contributed by atoms with E-state index in [-0.39, 0.29) is 11.9 Å². The molecular weight excluding hydrogens is 380 g/mol. The van der Waals surface area contributed by atoms with Gasteiger partial charge in [0.1, 0.15) is 4.88 Å². The number of piperidine rings is 1. The van der Waals surface area contributed by atoms with Crippen LogP contribution in [0.1, 0.15) is 47.1 Å². The summed E-state index contributed by atoms with van der Waals surface area (Å²) in [6, 6.07) is 14.8. The Morgan fingerprint density at radius 3 is 2.55 bits per heavy atom. The molecule has 1 aliphatic heterocycles. The summed E-state index contributed by atoms with van der Waals surface area (Å²) in [5.41, 5.74) is 2.27. The zero-order valence-corrected chi connectivity index (χ0v) is 17.7. The van der Waals surface area contributed by atoms with Crippen molar-refractivity contribution in [3.63, 3.8) is 0 Å². The summed E-state index contributed by atoms with van der Waals surface area (Å²) in [5, 5.41) is 4.13. The number of nitrogens with one attached hydrogen (secondary N) is 1. The van der Waals surface area contributed by atoms with Gasteiger partial charge in [-0.05, 0) is 37.0 Å². The molecule has 0 spiro atoms. The summed E-state index contributed by atoms with van der Waals surface area (Å²) in [6.07, 6.45) is 7.73. The summed E-state index contributed by atoms with van der Waals surface area (Å²) in [4.78, 5) is 21.0. The van der Waals surface area contributed by atoms with Crippen LogP contribution in [-0.4, -0.2) is 39.5 Å². The second kappa shape index (κ2) is 9.37. The predicted octanol–water partition coefficient (Wildman–Crippen LogP) is 4.28. The van der Waals surface area contributed by atoms with Crippen molar-refractivity contribution < 1.29 is 4.79 Å². The molecule has 3 heterocycles. The van der Waals surface area contributed by atoms with Crippen molar-refractivity contribution >= 4 is 17.2 Å². The van der Waals surface area contributed by atoms with Crippen molar-refractivity contribution in [3.8, 4) is 5.13 Å². The van der Waals surface area contributed by atoms with Gasteiger partial charge in [-0.2, -0.15) is 0 Å². The Balaban J connectivity index is 1.36. The topological polar surface area (TPSA) is 50.2 Å². The highest BCUT2D eigenvalue weighted by molar-refractivity contribution is 7.16. The summed E-state index contributed by atoms with van der Waals surface area (Å²) in [7, 11) is 0. The number of carbonyl (C=O) groups is 1. The van der Waals surface area contributed by atoms with Crippen LogP contribution in [0.3, 0.4) is 0 Å². The first-order valence-electron chi connectivity index (χ1n) is 10.4. The van der Waals surface area contributed by atoms with Crippen molar-refractivity contribution in [2.75, 3.05) is 13.1 Å². The van der Waals surface area contributed by atoms with E-state index in [1.54, 1.807) is 0 Å². The first kappa shape index (κ1) is 19.9. The third-order valence-electron chi connectivity index (χ3n) is 5.38. The number of hydrogen-bond donors (Lipinski definition) is 1. The highest BCUT2D eigenvalue weighted by atomic mass is 32.1. The van der Waals surface area contributed by atoms with Gasteiger partial charge in [-0.3, -0.25) is 9.69 Å². The quantitative estimate of drug-likeness (QED) is 0.635. The number of thiazole rings is 1. The minimum Gasteiger partial charge on any atom is -0.348 e. The molecule has 1 N–H and O–H groups in total. The Morgan fingerprint density at radius 1 is 1.14 bits per heavy atom. The minimum atomic E-state index is 0.0332. The second-order valence-electron chi connectivity index (χ2n) is 7.62. The third kappa shape index (κ3) is 4.95. The molecule has 1 fully saturated rings. The van der Waals surface area contributed by atoms with Crippen molar-refractivity contribution in [2.24, 2.45) is 0 Å². The van der Waals surface area contributed by atoms with Crippen LogP contribution < -0.4 is 5.32 Å².